The van der Waals surface area contributed by atoms with Gasteiger partial charge < -0.3 is 9.84 Å². The number of halogens is 3. The quantitative estimate of drug-likeness (QED) is 0.836. The van der Waals surface area contributed by atoms with Crippen LogP contribution in [0.15, 0.2) is 24.3 Å². The van der Waals surface area contributed by atoms with Crippen molar-refractivity contribution >= 4 is 11.6 Å². The molecular weight excluding hydrogens is 263 g/mol. The zero-order valence-electron chi connectivity index (χ0n) is 10.2. The van der Waals surface area contributed by atoms with Crippen LogP contribution in [0.2, 0.25) is 0 Å². The summed E-state index contributed by atoms with van der Waals surface area (Å²) in [6.07, 6.45) is -4.70. The molecule has 2 rings (SSSR count). The predicted octanol–water partition coefficient (Wildman–Crippen LogP) is 1.72. The van der Waals surface area contributed by atoms with Crippen LogP contribution in [0.4, 0.5) is 18.9 Å². The number of aliphatic hydroxyl groups is 1. The highest BCUT2D eigenvalue weighted by Crippen LogP contribution is 2.44. The third-order valence-corrected chi connectivity index (χ3v) is 3.10. The fraction of sp³-hybridized carbons (Fsp3) is 0.417. The van der Waals surface area contributed by atoms with E-state index in [9.17, 15) is 23.1 Å². The van der Waals surface area contributed by atoms with Gasteiger partial charge in [-0.2, -0.15) is 13.2 Å². The predicted molar refractivity (Wildman–Crippen MR) is 60.9 cm³/mol. The number of rotatable bonds is 2. The second-order valence-electron chi connectivity index (χ2n) is 4.46. The number of carbonyl (C=O) groups excluding carboxylic acids is 1. The molecule has 7 heteroatoms. The van der Waals surface area contributed by atoms with E-state index in [-0.39, 0.29) is 5.69 Å². The lowest BCUT2D eigenvalue weighted by Gasteiger charge is -2.51. The summed E-state index contributed by atoms with van der Waals surface area (Å²) in [5.41, 5.74) is -2.35. The van der Waals surface area contributed by atoms with Gasteiger partial charge in [-0.3, -0.25) is 9.69 Å². The Balaban J connectivity index is 2.35. The first-order chi connectivity index (χ1) is 8.69. The summed E-state index contributed by atoms with van der Waals surface area (Å²) in [7, 11) is 1.42. The van der Waals surface area contributed by atoms with Crippen molar-refractivity contribution in [3.63, 3.8) is 0 Å². The van der Waals surface area contributed by atoms with Crippen LogP contribution in [0, 0.1) is 0 Å². The number of amides is 1. The Labute approximate surface area is 107 Å². The second kappa shape index (κ2) is 4.12. The highest BCUT2D eigenvalue weighted by molar-refractivity contribution is 6.08. The minimum atomic E-state index is -4.70. The molecule has 1 aromatic rings. The molecule has 1 fully saturated rings. The van der Waals surface area contributed by atoms with E-state index in [0.717, 1.165) is 6.92 Å². The summed E-state index contributed by atoms with van der Waals surface area (Å²) in [6, 6.07) is 3.34. The van der Waals surface area contributed by atoms with E-state index in [2.05, 4.69) is 0 Å². The molecule has 1 aliphatic rings. The Morgan fingerprint density at radius 3 is 2.26 bits per heavy atom. The van der Waals surface area contributed by atoms with Crippen molar-refractivity contribution in [3.05, 3.63) is 24.3 Å². The molecule has 1 saturated heterocycles. The molecule has 0 unspecified atom stereocenters. The van der Waals surface area contributed by atoms with E-state index in [4.69, 9.17) is 4.74 Å². The number of hydrogen-bond donors (Lipinski definition) is 1. The molecule has 1 amide bonds. The first kappa shape index (κ1) is 13.7. The second-order valence-corrected chi connectivity index (χ2v) is 4.46. The van der Waals surface area contributed by atoms with Crippen LogP contribution in [0.3, 0.4) is 0 Å². The number of carbonyl (C=O) groups is 1. The van der Waals surface area contributed by atoms with Crippen molar-refractivity contribution in [2.24, 2.45) is 0 Å². The lowest BCUT2D eigenvalue weighted by atomic mass is 9.83. The monoisotopic (exact) mass is 275 g/mol. The fourth-order valence-electron chi connectivity index (χ4n) is 2.14. The van der Waals surface area contributed by atoms with Gasteiger partial charge in [0, 0.05) is 5.69 Å². The maximum absolute atomic E-state index is 12.9. The third kappa shape index (κ3) is 2.03. The van der Waals surface area contributed by atoms with Crippen molar-refractivity contribution in [1.82, 2.24) is 0 Å². The van der Waals surface area contributed by atoms with Crippen LogP contribution in [0.25, 0.3) is 0 Å². The lowest BCUT2D eigenvalue weighted by Crippen LogP contribution is -2.77. The third-order valence-electron chi connectivity index (χ3n) is 3.10. The lowest BCUT2D eigenvalue weighted by molar-refractivity contribution is -0.215. The Morgan fingerprint density at radius 2 is 1.84 bits per heavy atom. The zero-order valence-corrected chi connectivity index (χ0v) is 10.2. The molecule has 1 aliphatic heterocycles. The summed E-state index contributed by atoms with van der Waals surface area (Å²) >= 11 is 0. The molecule has 0 aromatic heterocycles. The molecule has 1 heterocycles. The highest BCUT2D eigenvalue weighted by atomic mass is 19.4. The van der Waals surface area contributed by atoms with Crippen molar-refractivity contribution in [1.29, 1.82) is 0 Å². The highest BCUT2D eigenvalue weighted by Gasteiger charge is 2.68. The first-order valence-corrected chi connectivity index (χ1v) is 5.46. The normalized spacial score (nSPS) is 27.2. The van der Waals surface area contributed by atoms with Gasteiger partial charge in [0.15, 0.2) is 11.6 Å². The van der Waals surface area contributed by atoms with E-state index < -0.39 is 23.7 Å². The van der Waals surface area contributed by atoms with Gasteiger partial charge in [-0.25, -0.2) is 0 Å². The molecule has 104 valence electrons. The number of hydrogen-bond acceptors (Lipinski definition) is 3. The number of β-lactam (4-membered cyclic amide) rings is 1. The SMILES string of the molecule is COc1ccc(N2C(=O)[C@](C)(O)[C@@H]2C(F)(F)F)cc1. The molecule has 0 saturated carbocycles. The summed E-state index contributed by atoms with van der Waals surface area (Å²) in [5, 5.41) is 9.57. The average molecular weight is 275 g/mol. The first-order valence-electron chi connectivity index (χ1n) is 5.46. The van der Waals surface area contributed by atoms with Gasteiger partial charge in [0.05, 0.1) is 7.11 Å². The Bertz CT molecular complexity index is 496. The largest absolute Gasteiger partial charge is 0.497 e. The molecule has 19 heavy (non-hydrogen) atoms. The minimum absolute atomic E-state index is 0.0691. The Kier molecular flexibility index (Phi) is 2.97. The molecule has 0 bridgehead atoms. The molecule has 1 N–H and O–H groups in total. The maximum Gasteiger partial charge on any atom is 0.412 e. The van der Waals surface area contributed by atoms with Crippen LogP contribution < -0.4 is 9.64 Å². The standard InChI is InChI=1S/C12H12F3NO3/c1-11(18)9(12(13,14)15)16(10(11)17)7-3-5-8(19-2)6-4-7/h3-6,9,18H,1-2H3/t9-,11-/m1/s1. The van der Waals surface area contributed by atoms with E-state index >= 15 is 0 Å². The van der Waals surface area contributed by atoms with Crippen molar-refractivity contribution < 1.29 is 27.8 Å². The zero-order chi connectivity index (χ0) is 14.4. The number of nitrogens with zero attached hydrogens (tertiary/aromatic N) is 1. The molecule has 0 radical (unpaired) electrons. The number of alkyl halides is 3. The van der Waals surface area contributed by atoms with E-state index in [1.165, 1.54) is 31.4 Å². The minimum Gasteiger partial charge on any atom is -0.497 e. The molecule has 2 atom stereocenters. The fourth-order valence-corrected chi connectivity index (χ4v) is 2.14. The molecule has 0 aliphatic carbocycles. The van der Waals surface area contributed by atoms with Crippen LogP contribution >= 0.6 is 0 Å². The maximum atomic E-state index is 12.9. The summed E-state index contributed by atoms with van der Waals surface area (Å²) in [5.74, 6) is -0.507. The summed E-state index contributed by atoms with van der Waals surface area (Å²) in [6.45, 7) is 0.869. The Morgan fingerprint density at radius 1 is 1.32 bits per heavy atom. The number of anilines is 1. The number of ether oxygens (including phenoxy) is 1. The Hall–Kier alpha value is -1.76. The van der Waals surface area contributed by atoms with Gasteiger partial charge >= 0.3 is 6.18 Å². The van der Waals surface area contributed by atoms with E-state index in [0.29, 0.717) is 10.6 Å². The van der Waals surface area contributed by atoms with Gasteiger partial charge in [0.2, 0.25) is 0 Å². The molecular formula is C12H12F3NO3. The van der Waals surface area contributed by atoms with Crippen molar-refractivity contribution in [2.75, 3.05) is 12.0 Å². The summed E-state index contributed by atoms with van der Waals surface area (Å²) < 4.78 is 43.5. The van der Waals surface area contributed by atoms with Gasteiger partial charge in [-0.15, -0.1) is 0 Å². The van der Waals surface area contributed by atoms with Gasteiger partial charge in [0.1, 0.15) is 5.75 Å². The van der Waals surface area contributed by atoms with Crippen LogP contribution in [-0.2, 0) is 4.79 Å². The van der Waals surface area contributed by atoms with E-state index in [1.54, 1.807) is 0 Å². The van der Waals surface area contributed by atoms with Crippen LogP contribution in [0.5, 0.6) is 5.75 Å². The molecule has 0 spiro atoms. The average Bonchev–Trinajstić information content (AvgIpc) is 2.33. The molecule has 1 aromatic carbocycles. The van der Waals surface area contributed by atoms with Gasteiger partial charge in [-0.05, 0) is 31.2 Å². The number of benzene rings is 1. The van der Waals surface area contributed by atoms with Crippen molar-refractivity contribution in [2.45, 2.75) is 24.7 Å². The van der Waals surface area contributed by atoms with Crippen LogP contribution in [-0.4, -0.2) is 35.9 Å². The van der Waals surface area contributed by atoms with Crippen LogP contribution in [0.1, 0.15) is 6.92 Å². The van der Waals surface area contributed by atoms with Crippen molar-refractivity contribution in [3.8, 4) is 5.75 Å². The van der Waals surface area contributed by atoms with Gasteiger partial charge in [-0.1, -0.05) is 0 Å². The topological polar surface area (TPSA) is 49.8 Å². The summed E-state index contributed by atoms with van der Waals surface area (Å²) in [4.78, 5) is 12.2. The van der Waals surface area contributed by atoms with E-state index in [1.807, 2.05) is 0 Å². The van der Waals surface area contributed by atoms with Gasteiger partial charge in [0.25, 0.3) is 5.91 Å². The number of methoxy groups -OCH3 is 1. The molecule has 4 nitrogen and oxygen atoms in total. The smallest absolute Gasteiger partial charge is 0.412 e.